The van der Waals surface area contributed by atoms with Gasteiger partial charge in [-0.15, -0.1) is 0 Å². The van der Waals surface area contributed by atoms with Crippen LogP contribution in [0.1, 0.15) is 30.4 Å². The summed E-state index contributed by atoms with van der Waals surface area (Å²) < 4.78 is 0. The van der Waals surface area contributed by atoms with Crippen LogP contribution >= 0.6 is 0 Å². The van der Waals surface area contributed by atoms with Crippen molar-refractivity contribution >= 4 is 15.4 Å². The quantitative estimate of drug-likeness (QED) is 0.268. The van der Waals surface area contributed by atoms with E-state index in [1.807, 2.05) is 0 Å². The largest absolute Gasteiger partial charge is 0.351 e. The maximum absolute atomic E-state index is 11.7. The minimum absolute atomic E-state index is 0.0250. The average Bonchev–Trinajstić information content (AvgIpc) is 2.69. The van der Waals surface area contributed by atoms with E-state index in [-0.39, 0.29) is 11.6 Å². The molecule has 1 atom stereocenters. The monoisotopic (exact) mass is 377 g/mol. The first-order valence-electron chi connectivity index (χ1n) is 9.95. The van der Waals surface area contributed by atoms with E-state index in [0.29, 0.717) is 12.6 Å². The summed E-state index contributed by atoms with van der Waals surface area (Å²) in [6, 6.07) is 9.08. The molecule has 0 radical (unpaired) electrons. The normalized spacial score (nSPS) is 16.8. The zero-order valence-electron chi connectivity index (χ0n) is 16.0. The highest BCUT2D eigenvalue weighted by atomic mass is 28.2. The van der Waals surface area contributed by atoms with Crippen LogP contribution in [0.3, 0.4) is 0 Å². The van der Waals surface area contributed by atoms with Gasteiger partial charge in [-0.3, -0.25) is 4.79 Å². The number of benzene rings is 1. The number of rotatable bonds is 11. The molecule has 6 N–H and O–H groups in total. The molecule has 7 heteroatoms. The molecule has 1 aromatic rings. The molecule has 0 unspecified atom stereocenters. The van der Waals surface area contributed by atoms with Crippen molar-refractivity contribution in [1.29, 1.82) is 0 Å². The molecule has 1 heterocycles. The van der Waals surface area contributed by atoms with Gasteiger partial charge in [-0.2, -0.15) is 0 Å². The molecule has 1 aliphatic rings. The summed E-state index contributed by atoms with van der Waals surface area (Å²) in [6.07, 6.45) is 3.63. The second-order valence-corrected chi connectivity index (χ2v) is 8.75. The molecule has 0 saturated carbocycles. The van der Waals surface area contributed by atoms with Gasteiger partial charge in [0.15, 0.2) is 0 Å². The van der Waals surface area contributed by atoms with Crippen LogP contribution in [0.4, 0.5) is 0 Å². The van der Waals surface area contributed by atoms with Crippen molar-refractivity contribution < 1.29 is 4.79 Å². The van der Waals surface area contributed by atoms with Crippen molar-refractivity contribution in [2.45, 2.75) is 50.6 Å². The van der Waals surface area contributed by atoms with Crippen LogP contribution in [0.15, 0.2) is 24.3 Å². The van der Waals surface area contributed by atoms with Gasteiger partial charge in [-0.05, 0) is 56.6 Å². The number of carbonyl (C=O) groups is 1. The second-order valence-electron chi connectivity index (χ2n) is 7.06. The Balaban J connectivity index is 1.55. The number of hydrogen-bond acceptors (Lipinski definition) is 5. The van der Waals surface area contributed by atoms with E-state index in [1.165, 1.54) is 18.4 Å². The Kier molecular flexibility index (Phi) is 9.87. The van der Waals surface area contributed by atoms with Gasteiger partial charge in [0.25, 0.3) is 0 Å². The fourth-order valence-electron chi connectivity index (χ4n) is 3.06. The first-order valence-corrected chi connectivity index (χ1v) is 12.2. The molecule has 0 bridgehead atoms. The molecule has 1 fully saturated rings. The molecule has 146 valence electrons. The highest BCUT2D eigenvalue weighted by Crippen LogP contribution is 2.04. The van der Waals surface area contributed by atoms with E-state index in [9.17, 15) is 4.79 Å². The molecular weight excluding hydrogens is 342 g/mol. The van der Waals surface area contributed by atoms with Crippen LogP contribution in [0, 0.1) is 0 Å². The van der Waals surface area contributed by atoms with E-state index in [2.05, 4.69) is 52.1 Å². The Bertz CT molecular complexity index is 519. The summed E-state index contributed by atoms with van der Waals surface area (Å²) in [6.45, 7) is 7.87. The van der Waals surface area contributed by atoms with E-state index >= 15 is 0 Å². The van der Waals surface area contributed by atoms with Gasteiger partial charge in [-0.25, -0.2) is 0 Å². The van der Waals surface area contributed by atoms with Crippen LogP contribution in [-0.2, 0) is 17.9 Å². The van der Waals surface area contributed by atoms with Crippen LogP contribution < -0.4 is 27.0 Å². The molecule has 1 saturated heterocycles. The minimum Gasteiger partial charge on any atom is -0.351 e. The summed E-state index contributed by atoms with van der Waals surface area (Å²) in [5.74, 6) is -0.0250. The van der Waals surface area contributed by atoms with Crippen LogP contribution in [0.2, 0.25) is 6.55 Å². The van der Waals surface area contributed by atoms with E-state index in [0.717, 1.165) is 44.7 Å². The van der Waals surface area contributed by atoms with Gasteiger partial charge in [-0.1, -0.05) is 30.8 Å². The smallest absolute Gasteiger partial charge is 0.233 e. The predicted molar refractivity (Wildman–Crippen MR) is 111 cm³/mol. The van der Waals surface area contributed by atoms with E-state index in [1.54, 1.807) is 0 Å². The number of nitrogens with one attached hydrogen (secondary N) is 4. The Labute approximate surface area is 159 Å². The van der Waals surface area contributed by atoms with Crippen molar-refractivity contribution in [2.24, 2.45) is 5.73 Å². The first-order chi connectivity index (χ1) is 12.7. The third kappa shape index (κ3) is 7.97. The SMILES string of the molecule is C[SiH2][C@H](N)C(=O)NCc1ccc(CNCCCNC2CCNCC2)cc1. The van der Waals surface area contributed by atoms with Crippen molar-refractivity contribution in [3.63, 3.8) is 0 Å². The third-order valence-electron chi connectivity index (χ3n) is 4.90. The lowest BCUT2D eigenvalue weighted by Gasteiger charge is -2.23. The lowest BCUT2D eigenvalue weighted by atomic mass is 10.1. The first kappa shape index (κ1) is 21.1. The van der Waals surface area contributed by atoms with Crippen LogP contribution in [0.5, 0.6) is 0 Å². The summed E-state index contributed by atoms with van der Waals surface area (Å²) in [5.41, 5.74) is 7.87. The number of piperidine rings is 1. The van der Waals surface area contributed by atoms with Gasteiger partial charge < -0.3 is 27.0 Å². The standard InChI is InChI=1S/C19H35N5OSi/c1-26-18(20)19(25)24-14-16-5-3-15(4-6-16)13-22-9-2-10-23-17-7-11-21-12-8-17/h3-6,17-18,21-23H,2,7-14,20,26H2,1H3,(H,24,25)/t18-/m0/s1. The van der Waals surface area contributed by atoms with Crippen molar-refractivity contribution in [1.82, 2.24) is 21.3 Å². The van der Waals surface area contributed by atoms with E-state index < -0.39 is 9.52 Å². The Morgan fingerprint density at radius 1 is 1.19 bits per heavy atom. The topological polar surface area (TPSA) is 91.2 Å². The molecule has 1 amide bonds. The second kappa shape index (κ2) is 12.2. The van der Waals surface area contributed by atoms with Gasteiger partial charge in [0, 0.05) is 28.7 Å². The fourth-order valence-corrected chi connectivity index (χ4v) is 3.57. The van der Waals surface area contributed by atoms with Crippen molar-refractivity contribution in [2.75, 3.05) is 26.2 Å². The maximum Gasteiger partial charge on any atom is 0.233 e. The van der Waals surface area contributed by atoms with Gasteiger partial charge in [0.2, 0.25) is 5.91 Å². The van der Waals surface area contributed by atoms with Gasteiger partial charge in [0.1, 0.15) is 0 Å². The third-order valence-corrected chi connectivity index (χ3v) is 6.15. The molecule has 0 aromatic heterocycles. The highest BCUT2D eigenvalue weighted by molar-refractivity contribution is 6.42. The summed E-state index contributed by atoms with van der Waals surface area (Å²) in [7, 11) is -0.488. The van der Waals surface area contributed by atoms with Crippen molar-refractivity contribution in [3.05, 3.63) is 35.4 Å². The lowest BCUT2D eigenvalue weighted by Crippen LogP contribution is -2.43. The average molecular weight is 378 g/mol. The summed E-state index contributed by atoms with van der Waals surface area (Å²) >= 11 is 0. The van der Waals surface area contributed by atoms with Crippen LogP contribution in [0.25, 0.3) is 0 Å². The summed E-state index contributed by atoms with van der Waals surface area (Å²) in [4.78, 5) is 11.7. The number of amides is 1. The Morgan fingerprint density at radius 2 is 1.85 bits per heavy atom. The Hall–Kier alpha value is -1.25. The van der Waals surface area contributed by atoms with Crippen molar-refractivity contribution in [3.8, 4) is 0 Å². The zero-order chi connectivity index (χ0) is 18.6. The number of carbonyl (C=O) groups excluding carboxylic acids is 1. The van der Waals surface area contributed by atoms with Crippen LogP contribution in [-0.4, -0.2) is 53.3 Å². The molecule has 0 spiro atoms. The highest BCUT2D eigenvalue weighted by Gasteiger charge is 2.11. The lowest BCUT2D eigenvalue weighted by molar-refractivity contribution is -0.120. The minimum atomic E-state index is -0.488. The number of hydrogen-bond donors (Lipinski definition) is 5. The molecule has 1 aliphatic heterocycles. The zero-order valence-corrected chi connectivity index (χ0v) is 17.4. The molecular formula is C19H35N5OSi. The molecule has 26 heavy (non-hydrogen) atoms. The number of nitrogens with two attached hydrogens (primary N) is 1. The molecule has 2 rings (SSSR count). The summed E-state index contributed by atoms with van der Waals surface area (Å²) in [5, 5.41) is 13.4. The molecule has 0 aliphatic carbocycles. The predicted octanol–water partition coefficient (Wildman–Crippen LogP) is -0.374. The maximum atomic E-state index is 11.7. The Morgan fingerprint density at radius 3 is 2.50 bits per heavy atom. The van der Waals surface area contributed by atoms with Gasteiger partial charge in [0.05, 0.1) is 5.67 Å². The van der Waals surface area contributed by atoms with Gasteiger partial charge >= 0.3 is 0 Å². The van der Waals surface area contributed by atoms with E-state index in [4.69, 9.17) is 5.73 Å². The molecule has 1 aromatic carbocycles. The molecule has 6 nitrogen and oxygen atoms in total. The fraction of sp³-hybridized carbons (Fsp3) is 0.632.